The molecule has 5 heteroatoms. The molecule has 1 aliphatic rings. The van der Waals surface area contributed by atoms with E-state index in [0.29, 0.717) is 29.0 Å². The zero-order chi connectivity index (χ0) is 17.3. The molecule has 0 heterocycles. The highest BCUT2D eigenvalue weighted by Gasteiger charge is 2.43. The van der Waals surface area contributed by atoms with Gasteiger partial charge in [-0.15, -0.1) is 12.4 Å². The second-order valence-corrected chi connectivity index (χ2v) is 6.72. The van der Waals surface area contributed by atoms with Crippen LogP contribution in [0.2, 0.25) is 0 Å². The Bertz CT molecular complexity index is 744. The maximum Gasteiger partial charge on any atom is 0.228 e. The third-order valence-electron chi connectivity index (χ3n) is 4.66. The van der Waals surface area contributed by atoms with Crippen molar-refractivity contribution in [2.24, 2.45) is 5.92 Å². The number of carbonyl (C=O) groups is 1. The maximum absolute atomic E-state index is 12.4. The van der Waals surface area contributed by atoms with Crippen LogP contribution in [0.5, 0.6) is 5.75 Å². The normalized spacial score (nSPS) is 18.4. The van der Waals surface area contributed by atoms with E-state index in [4.69, 9.17) is 10.5 Å². The van der Waals surface area contributed by atoms with Gasteiger partial charge in [0.1, 0.15) is 5.75 Å². The van der Waals surface area contributed by atoms with Gasteiger partial charge >= 0.3 is 0 Å². The van der Waals surface area contributed by atoms with Crippen LogP contribution in [-0.2, 0) is 4.79 Å². The molecule has 0 radical (unpaired) electrons. The van der Waals surface area contributed by atoms with Gasteiger partial charge in [-0.3, -0.25) is 4.79 Å². The molecule has 4 nitrogen and oxygen atoms in total. The van der Waals surface area contributed by atoms with Crippen molar-refractivity contribution in [1.82, 2.24) is 0 Å². The topological polar surface area (TPSA) is 64.3 Å². The third kappa shape index (κ3) is 4.26. The van der Waals surface area contributed by atoms with Crippen LogP contribution in [0.1, 0.15) is 43.2 Å². The van der Waals surface area contributed by atoms with Crippen LogP contribution in [-0.4, -0.2) is 13.0 Å². The Hall–Kier alpha value is -2.20. The van der Waals surface area contributed by atoms with Crippen LogP contribution in [0, 0.1) is 5.92 Å². The summed E-state index contributed by atoms with van der Waals surface area (Å²) >= 11 is 0. The van der Waals surface area contributed by atoms with Gasteiger partial charge in [0.25, 0.3) is 0 Å². The molecule has 2 atom stereocenters. The van der Waals surface area contributed by atoms with Gasteiger partial charge in [-0.1, -0.05) is 38.1 Å². The first-order valence-electron chi connectivity index (χ1n) is 8.34. The van der Waals surface area contributed by atoms with E-state index in [1.165, 1.54) is 11.1 Å². The first-order chi connectivity index (χ1) is 11.5. The third-order valence-corrected chi connectivity index (χ3v) is 4.66. The quantitative estimate of drug-likeness (QED) is 0.768. The molecule has 25 heavy (non-hydrogen) atoms. The Morgan fingerprint density at radius 2 is 1.88 bits per heavy atom. The lowest BCUT2D eigenvalue weighted by Crippen LogP contribution is -2.14. The van der Waals surface area contributed by atoms with Crippen molar-refractivity contribution >= 4 is 29.7 Å². The van der Waals surface area contributed by atoms with Crippen LogP contribution >= 0.6 is 12.4 Å². The van der Waals surface area contributed by atoms with E-state index in [2.05, 4.69) is 43.4 Å². The summed E-state index contributed by atoms with van der Waals surface area (Å²) in [7, 11) is 1.57. The standard InChI is InChI=1S/C20H24N2O2.ClH/c1-12(2)13-4-6-14(7-5-13)16-11-17(16)20(23)22-15-8-9-19(24-3)18(21)10-15;/h4-10,12,16-17H,11,21H2,1-3H3,(H,22,23);1H. The molecular formula is C20H25ClN2O2. The van der Waals surface area contributed by atoms with Crippen molar-refractivity contribution in [3.63, 3.8) is 0 Å². The molecule has 3 rings (SSSR count). The van der Waals surface area contributed by atoms with Gasteiger partial charge in [0.05, 0.1) is 12.8 Å². The van der Waals surface area contributed by atoms with Crippen molar-refractivity contribution < 1.29 is 9.53 Å². The van der Waals surface area contributed by atoms with Crippen LogP contribution < -0.4 is 15.8 Å². The lowest BCUT2D eigenvalue weighted by atomic mass is 10.00. The van der Waals surface area contributed by atoms with Gasteiger partial charge in [0.2, 0.25) is 5.91 Å². The molecule has 1 fully saturated rings. The van der Waals surface area contributed by atoms with Crippen molar-refractivity contribution in [2.45, 2.75) is 32.1 Å². The predicted octanol–water partition coefficient (Wildman–Crippen LogP) is 4.56. The van der Waals surface area contributed by atoms with Crippen LogP contribution in [0.4, 0.5) is 11.4 Å². The Morgan fingerprint density at radius 1 is 1.20 bits per heavy atom. The van der Waals surface area contributed by atoms with Gasteiger partial charge in [-0.25, -0.2) is 0 Å². The number of rotatable bonds is 5. The Kier molecular flexibility index (Phi) is 5.96. The highest BCUT2D eigenvalue weighted by Crippen LogP contribution is 2.48. The lowest BCUT2D eigenvalue weighted by molar-refractivity contribution is -0.117. The number of nitrogens with two attached hydrogens (primary N) is 1. The van der Waals surface area contributed by atoms with E-state index >= 15 is 0 Å². The molecule has 0 saturated heterocycles. The fraction of sp³-hybridized carbons (Fsp3) is 0.350. The zero-order valence-electron chi connectivity index (χ0n) is 14.8. The number of nitrogens with one attached hydrogen (secondary N) is 1. The second-order valence-electron chi connectivity index (χ2n) is 6.72. The fourth-order valence-electron chi connectivity index (χ4n) is 3.03. The Morgan fingerprint density at radius 3 is 2.44 bits per heavy atom. The number of nitrogen functional groups attached to an aromatic ring is 1. The van der Waals surface area contributed by atoms with Crippen molar-refractivity contribution in [1.29, 1.82) is 0 Å². The molecule has 0 bridgehead atoms. The largest absolute Gasteiger partial charge is 0.495 e. The van der Waals surface area contributed by atoms with Gasteiger partial charge < -0.3 is 15.8 Å². The monoisotopic (exact) mass is 360 g/mol. The Balaban J connectivity index is 0.00000225. The van der Waals surface area contributed by atoms with Gasteiger partial charge in [0.15, 0.2) is 0 Å². The predicted molar refractivity (Wildman–Crippen MR) is 105 cm³/mol. The van der Waals surface area contributed by atoms with Crippen molar-refractivity contribution in [3.8, 4) is 5.75 Å². The molecule has 1 amide bonds. The molecule has 0 aliphatic heterocycles. The summed E-state index contributed by atoms with van der Waals surface area (Å²) in [5.74, 6) is 1.55. The number of amides is 1. The maximum atomic E-state index is 12.4. The van der Waals surface area contributed by atoms with Crippen molar-refractivity contribution in [2.75, 3.05) is 18.2 Å². The summed E-state index contributed by atoms with van der Waals surface area (Å²) in [5, 5.41) is 2.95. The zero-order valence-corrected chi connectivity index (χ0v) is 15.6. The van der Waals surface area contributed by atoms with E-state index in [9.17, 15) is 4.79 Å². The first-order valence-corrected chi connectivity index (χ1v) is 8.34. The average Bonchev–Trinajstić information content (AvgIpc) is 3.36. The number of anilines is 2. The van der Waals surface area contributed by atoms with Gasteiger partial charge in [-0.2, -0.15) is 0 Å². The molecule has 3 N–H and O–H groups in total. The fourth-order valence-corrected chi connectivity index (χ4v) is 3.03. The number of ether oxygens (including phenoxy) is 1. The smallest absolute Gasteiger partial charge is 0.228 e. The van der Waals surface area contributed by atoms with Crippen molar-refractivity contribution in [3.05, 3.63) is 53.6 Å². The second kappa shape index (κ2) is 7.79. The number of methoxy groups -OCH3 is 1. The number of hydrogen-bond acceptors (Lipinski definition) is 3. The average molecular weight is 361 g/mol. The summed E-state index contributed by atoms with van der Waals surface area (Å²) in [5.41, 5.74) is 9.68. The van der Waals surface area contributed by atoms with E-state index in [1.54, 1.807) is 19.2 Å². The van der Waals surface area contributed by atoms with Crippen LogP contribution in [0.3, 0.4) is 0 Å². The molecule has 134 valence electrons. The lowest BCUT2D eigenvalue weighted by Gasteiger charge is -2.09. The number of hydrogen-bond donors (Lipinski definition) is 2. The molecular weight excluding hydrogens is 336 g/mol. The highest BCUT2D eigenvalue weighted by atomic mass is 35.5. The number of benzene rings is 2. The van der Waals surface area contributed by atoms with Gasteiger partial charge in [-0.05, 0) is 47.6 Å². The summed E-state index contributed by atoms with van der Waals surface area (Å²) in [6, 6.07) is 13.9. The van der Waals surface area contributed by atoms with E-state index in [0.717, 1.165) is 6.42 Å². The molecule has 1 aliphatic carbocycles. The Labute approximate surface area is 155 Å². The molecule has 0 spiro atoms. The summed E-state index contributed by atoms with van der Waals surface area (Å²) < 4.78 is 5.13. The number of carbonyl (C=O) groups excluding carboxylic acids is 1. The minimum absolute atomic E-state index is 0. The summed E-state index contributed by atoms with van der Waals surface area (Å²) in [4.78, 5) is 12.4. The molecule has 2 aromatic carbocycles. The molecule has 1 saturated carbocycles. The SMILES string of the molecule is COc1ccc(NC(=O)C2CC2c2ccc(C(C)C)cc2)cc1N.Cl. The molecule has 0 aromatic heterocycles. The number of halogens is 1. The van der Waals surface area contributed by atoms with Gasteiger partial charge in [0, 0.05) is 11.6 Å². The van der Waals surface area contributed by atoms with E-state index < -0.39 is 0 Å². The summed E-state index contributed by atoms with van der Waals surface area (Å²) in [6.07, 6.45) is 0.901. The minimum atomic E-state index is 0. The first kappa shape index (κ1) is 19.1. The molecule has 2 unspecified atom stereocenters. The highest BCUT2D eigenvalue weighted by molar-refractivity contribution is 5.95. The van der Waals surface area contributed by atoms with E-state index in [-0.39, 0.29) is 24.2 Å². The van der Waals surface area contributed by atoms with E-state index in [1.807, 2.05) is 6.07 Å². The van der Waals surface area contributed by atoms with Crippen LogP contribution in [0.15, 0.2) is 42.5 Å². The summed E-state index contributed by atoms with van der Waals surface area (Å²) in [6.45, 7) is 4.37. The molecule has 2 aromatic rings. The minimum Gasteiger partial charge on any atom is -0.495 e. The van der Waals surface area contributed by atoms with Crippen LogP contribution in [0.25, 0.3) is 0 Å².